The zero-order valence-electron chi connectivity index (χ0n) is 21.2. The zero-order chi connectivity index (χ0) is 23.3. The van der Waals surface area contributed by atoms with Crippen molar-refractivity contribution in [1.82, 2.24) is 4.57 Å². The first-order valence-electron chi connectivity index (χ1n) is 11.9. The van der Waals surface area contributed by atoms with Gasteiger partial charge in [-0.1, -0.05) is 56.8 Å². The maximum atomic E-state index is 4.89. The summed E-state index contributed by atoms with van der Waals surface area (Å²) < 4.78 is 2.87. The summed E-state index contributed by atoms with van der Waals surface area (Å²) in [5, 5.41) is 4.61. The van der Waals surface area contributed by atoms with Crippen LogP contribution in [0.5, 0.6) is 0 Å². The first kappa shape index (κ1) is 29.2. The second kappa shape index (κ2) is 13.3. The van der Waals surface area contributed by atoms with Crippen LogP contribution >= 0.6 is 18.6 Å². The van der Waals surface area contributed by atoms with E-state index in [0.717, 1.165) is 24.5 Å². The number of benzene rings is 1. The molecule has 3 nitrogen and oxygen atoms in total. The van der Waals surface area contributed by atoms with E-state index in [-0.39, 0.29) is 7.43 Å². The molecule has 33 heavy (non-hydrogen) atoms. The fourth-order valence-corrected chi connectivity index (χ4v) is 10.9. The summed E-state index contributed by atoms with van der Waals surface area (Å²) in [5.74, 6) is 2.23. The van der Waals surface area contributed by atoms with Gasteiger partial charge < -0.3 is 22.2 Å². The molecule has 1 aliphatic heterocycles. The summed E-state index contributed by atoms with van der Waals surface area (Å²) in [6.07, 6.45) is 9.98. The Labute approximate surface area is 220 Å². The molecule has 1 aromatic carbocycles. The van der Waals surface area contributed by atoms with Gasteiger partial charge in [-0.25, -0.2) is 0 Å². The van der Waals surface area contributed by atoms with Crippen LogP contribution in [0, 0.1) is 25.2 Å². The third-order valence-corrected chi connectivity index (χ3v) is 12.4. The van der Waals surface area contributed by atoms with Crippen LogP contribution in [-0.4, -0.2) is 53.1 Å². The Morgan fingerprint density at radius 1 is 1.12 bits per heavy atom. The molecule has 2 aliphatic carbocycles. The Hall–Kier alpha value is -0.0688. The van der Waals surface area contributed by atoms with Gasteiger partial charge in [-0.05, 0) is 66.1 Å². The maximum absolute atomic E-state index is 4.89. The summed E-state index contributed by atoms with van der Waals surface area (Å²) in [6.45, 7) is 12.1. The quantitative estimate of drug-likeness (QED) is 0.285. The summed E-state index contributed by atoms with van der Waals surface area (Å²) in [4.78, 5) is 2.18. The Balaban J connectivity index is 0.000000914. The summed E-state index contributed by atoms with van der Waals surface area (Å²) in [5.41, 5.74) is 5.11. The third kappa shape index (κ3) is 6.58. The van der Waals surface area contributed by atoms with Crippen LogP contribution in [0.4, 0.5) is 5.69 Å². The first-order valence-corrected chi connectivity index (χ1v) is 19.2. The summed E-state index contributed by atoms with van der Waals surface area (Å²) >= 11 is -0.556. The van der Waals surface area contributed by atoms with E-state index in [1.165, 1.54) is 37.2 Å². The van der Waals surface area contributed by atoms with Crippen molar-refractivity contribution in [3.63, 3.8) is 0 Å². The summed E-state index contributed by atoms with van der Waals surface area (Å²) in [7, 11) is 12.5. The van der Waals surface area contributed by atoms with E-state index in [1.807, 2.05) is 0 Å². The average Bonchev–Trinajstić information content (AvgIpc) is 3.20. The van der Waals surface area contributed by atoms with Gasteiger partial charge in [-0.2, -0.15) is 0 Å². The van der Waals surface area contributed by atoms with Gasteiger partial charge >= 0.3 is 35.6 Å². The number of hydrogen-bond acceptors (Lipinski definition) is 2. The number of allylic oxidation sites excluding steroid dienone is 4. The van der Waals surface area contributed by atoms with Crippen molar-refractivity contribution in [2.45, 2.75) is 38.4 Å². The molecule has 184 valence electrons. The van der Waals surface area contributed by atoms with Crippen molar-refractivity contribution in [3.05, 3.63) is 60.8 Å². The molecular formula is C26H41Cl2N3SiTi-2. The Morgan fingerprint density at radius 2 is 1.73 bits per heavy atom. The zero-order valence-corrected chi connectivity index (χ0v) is 25.3. The molecule has 4 atom stereocenters. The number of nitrogens with zero attached hydrogens (tertiary/aromatic N) is 3. The van der Waals surface area contributed by atoms with E-state index in [4.69, 9.17) is 18.6 Å². The van der Waals surface area contributed by atoms with Crippen molar-refractivity contribution in [2.75, 3.05) is 45.2 Å². The molecule has 0 N–H and O–H groups in total. The molecule has 0 radical (unpaired) electrons. The van der Waals surface area contributed by atoms with Gasteiger partial charge in [0.15, 0.2) is 0 Å². The first-order chi connectivity index (χ1) is 15.3. The Morgan fingerprint density at radius 3 is 2.27 bits per heavy atom. The van der Waals surface area contributed by atoms with Gasteiger partial charge in [-0.3, -0.25) is 0 Å². The third-order valence-electron chi connectivity index (χ3n) is 7.88. The minimum atomic E-state index is -1.53. The normalized spacial score (nSPS) is 26.9. The molecule has 4 unspecified atom stereocenters. The van der Waals surface area contributed by atoms with Crippen molar-refractivity contribution in [2.24, 2.45) is 17.8 Å². The fraction of sp³-hybridized carbons (Fsp3) is 0.577. The number of piperazine rings is 1. The average molecular weight is 542 g/mol. The van der Waals surface area contributed by atoms with Crippen molar-refractivity contribution >= 4 is 38.1 Å². The Kier molecular flexibility index (Phi) is 11.8. The van der Waals surface area contributed by atoms with Gasteiger partial charge in [0.25, 0.3) is 0 Å². The van der Waals surface area contributed by atoms with E-state index < -0.39 is 25.3 Å². The SMILES string of the molecule is CCC1CC2C(c3ccc(N(C)C)cc3)=CC=CC2C1[Si](C)(C)N1CC[N-]CC1.[CH3-].[Cl][Ti][Cl]. The van der Waals surface area contributed by atoms with Crippen LogP contribution in [0.25, 0.3) is 10.9 Å². The fourth-order valence-electron chi connectivity index (χ4n) is 6.32. The number of rotatable bonds is 5. The van der Waals surface area contributed by atoms with Gasteiger partial charge in [0.2, 0.25) is 0 Å². The van der Waals surface area contributed by atoms with Crippen LogP contribution in [0.2, 0.25) is 18.6 Å². The molecule has 1 heterocycles. The molecule has 1 saturated carbocycles. The molecule has 2 fully saturated rings. The van der Waals surface area contributed by atoms with Gasteiger partial charge in [0, 0.05) is 19.8 Å². The number of hydrogen-bond donors (Lipinski definition) is 0. The second-order valence-electron chi connectivity index (χ2n) is 9.94. The molecule has 0 spiro atoms. The van der Waals surface area contributed by atoms with Crippen LogP contribution in [0.1, 0.15) is 25.3 Å². The Bertz CT molecular complexity index is 791. The van der Waals surface area contributed by atoms with E-state index in [0.29, 0.717) is 11.8 Å². The molecule has 0 amide bonds. The predicted molar refractivity (Wildman–Crippen MR) is 147 cm³/mol. The van der Waals surface area contributed by atoms with Crippen LogP contribution in [0.15, 0.2) is 42.5 Å². The standard InChI is InChI=1S/C25H38N3Si.CH3.2ClH.Ti/c1-6-19-18-24-22(20-10-12-21(13-11-20)27(2)3)8-7-9-23(24)25(19)29(4,5)28-16-14-26-15-17-28;;;;/h7-13,19,23-25H,6,14-18H2,1-5H3;1H3;2*1H;/q2*-1;;;+2/p-2. The van der Waals surface area contributed by atoms with Gasteiger partial charge in [0.05, 0.1) is 0 Å². The minimum absolute atomic E-state index is 0. The van der Waals surface area contributed by atoms with Crippen molar-refractivity contribution in [3.8, 4) is 0 Å². The summed E-state index contributed by atoms with van der Waals surface area (Å²) in [6, 6.07) is 9.20. The van der Waals surface area contributed by atoms with Crippen molar-refractivity contribution in [1.29, 1.82) is 0 Å². The number of halogens is 2. The molecule has 3 aliphatic rings. The number of fused-ring (bicyclic) bond motifs is 1. The van der Waals surface area contributed by atoms with Gasteiger partial charge in [0.1, 0.15) is 8.24 Å². The van der Waals surface area contributed by atoms with Crippen molar-refractivity contribution < 1.29 is 17.0 Å². The van der Waals surface area contributed by atoms with Crippen LogP contribution in [0.3, 0.4) is 0 Å². The predicted octanol–water partition coefficient (Wildman–Crippen LogP) is 7.46. The molecule has 0 aromatic heterocycles. The van der Waals surface area contributed by atoms with E-state index in [2.05, 4.69) is 91.4 Å². The molecule has 0 bridgehead atoms. The van der Waals surface area contributed by atoms with E-state index in [9.17, 15) is 0 Å². The van der Waals surface area contributed by atoms with Gasteiger partial charge in [-0.15, -0.1) is 13.1 Å². The molecule has 1 saturated heterocycles. The van der Waals surface area contributed by atoms with Crippen LogP contribution < -0.4 is 4.90 Å². The second-order valence-corrected chi connectivity index (χ2v) is 17.1. The molecule has 4 rings (SSSR count). The van der Waals surface area contributed by atoms with E-state index in [1.54, 1.807) is 5.57 Å². The number of anilines is 1. The molecule has 1 aromatic rings. The monoisotopic (exact) mass is 541 g/mol. The van der Waals surface area contributed by atoms with E-state index >= 15 is 0 Å². The molecular weight excluding hydrogens is 501 g/mol. The molecule has 7 heteroatoms. The topological polar surface area (TPSA) is 20.6 Å². The van der Waals surface area contributed by atoms with Crippen LogP contribution in [-0.2, 0) is 17.0 Å².